The molecule has 1 heterocycles. The van der Waals surface area contributed by atoms with Crippen molar-refractivity contribution in [3.05, 3.63) is 78.5 Å². The highest BCUT2D eigenvalue weighted by atomic mass is 16.5. The molecular formula is C23H24N2O4. The van der Waals surface area contributed by atoms with E-state index in [0.717, 1.165) is 17.7 Å². The van der Waals surface area contributed by atoms with Crippen LogP contribution in [-0.4, -0.2) is 24.1 Å². The fraction of sp³-hybridized carbons (Fsp3) is 0.217. The van der Waals surface area contributed by atoms with E-state index >= 15 is 0 Å². The third-order valence-electron chi connectivity index (χ3n) is 3.95. The summed E-state index contributed by atoms with van der Waals surface area (Å²) in [4.78, 5) is 16.4. The largest absolute Gasteiger partial charge is 0.494 e. The third kappa shape index (κ3) is 6.53. The number of pyridine rings is 1. The Morgan fingerprint density at radius 2 is 1.62 bits per heavy atom. The summed E-state index contributed by atoms with van der Waals surface area (Å²) in [7, 11) is 0. The molecule has 0 fully saturated rings. The number of hydrogen-bond donors (Lipinski definition) is 1. The Labute approximate surface area is 170 Å². The second-order valence-electron chi connectivity index (χ2n) is 6.27. The van der Waals surface area contributed by atoms with Crippen LogP contribution in [0.1, 0.15) is 18.9 Å². The van der Waals surface area contributed by atoms with E-state index in [1.54, 1.807) is 24.4 Å². The molecule has 0 aliphatic carbocycles. The Kier molecular flexibility index (Phi) is 7.46. The molecule has 0 radical (unpaired) electrons. The van der Waals surface area contributed by atoms with Gasteiger partial charge in [0.2, 0.25) is 5.88 Å². The van der Waals surface area contributed by atoms with E-state index in [1.807, 2.05) is 48.5 Å². The predicted molar refractivity (Wildman–Crippen MR) is 110 cm³/mol. The van der Waals surface area contributed by atoms with Crippen molar-refractivity contribution in [3.8, 4) is 23.1 Å². The molecule has 0 saturated carbocycles. The van der Waals surface area contributed by atoms with Crippen molar-refractivity contribution >= 4 is 5.91 Å². The fourth-order valence-corrected chi connectivity index (χ4v) is 2.50. The Morgan fingerprint density at radius 1 is 0.897 bits per heavy atom. The first kappa shape index (κ1) is 20.2. The van der Waals surface area contributed by atoms with Crippen LogP contribution in [-0.2, 0) is 11.3 Å². The van der Waals surface area contributed by atoms with E-state index in [4.69, 9.17) is 14.2 Å². The molecule has 29 heavy (non-hydrogen) atoms. The van der Waals surface area contributed by atoms with Crippen LogP contribution in [0, 0.1) is 0 Å². The molecule has 0 atom stereocenters. The molecule has 0 spiro atoms. The van der Waals surface area contributed by atoms with Crippen molar-refractivity contribution < 1.29 is 19.0 Å². The SMILES string of the molecule is CCCOc1ccc(Oc2ncccc2CNC(=O)COc2ccccc2)cc1. The summed E-state index contributed by atoms with van der Waals surface area (Å²) in [5, 5.41) is 2.82. The number of benzene rings is 2. The first-order chi connectivity index (χ1) is 14.2. The Balaban J connectivity index is 1.54. The van der Waals surface area contributed by atoms with Crippen molar-refractivity contribution in [2.24, 2.45) is 0 Å². The lowest BCUT2D eigenvalue weighted by Crippen LogP contribution is -2.28. The van der Waals surface area contributed by atoms with Gasteiger partial charge in [0.15, 0.2) is 6.61 Å². The van der Waals surface area contributed by atoms with E-state index in [0.29, 0.717) is 24.0 Å². The van der Waals surface area contributed by atoms with Gasteiger partial charge in [-0.25, -0.2) is 4.98 Å². The second-order valence-corrected chi connectivity index (χ2v) is 6.27. The van der Waals surface area contributed by atoms with Gasteiger partial charge in [0.1, 0.15) is 17.2 Å². The first-order valence-corrected chi connectivity index (χ1v) is 9.53. The number of para-hydroxylation sites is 1. The zero-order chi connectivity index (χ0) is 20.3. The molecule has 3 aromatic rings. The van der Waals surface area contributed by atoms with Gasteiger partial charge in [-0.2, -0.15) is 0 Å². The van der Waals surface area contributed by atoms with Crippen molar-refractivity contribution in [2.75, 3.05) is 13.2 Å². The highest BCUT2D eigenvalue weighted by Crippen LogP contribution is 2.25. The maximum Gasteiger partial charge on any atom is 0.258 e. The molecule has 150 valence electrons. The molecule has 1 amide bonds. The summed E-state index contributed by atoms with van der Waals surface area (Å²) in [6.45, 7) is 2.97. The maximum atomic E-state index is 12.1. The van der Waals surface area contributed by atoms with Gasteiger partial charge < -0.3 is 19.5 Å². The van der Waals surface area contributed by atoms with Crippen LogP contribution in [0.4, 0.5) is 0 Å². The average Bonchev–Trinajstić information content (AvgIpc) is 2.77. The van der Waals surface area contributed by atoms with Gasteiger partial charge in [-0.15, -0.1) is 0 Å². The molecule has 0 unspecified atom stereocenters. The molecular weight excluding hydrogens is 368 g/mol. The summed E-state index contributed by atoms with van der Waals surface area (Å²) < 4.78 is 16.9. The number of nitrogens with zero attached hydrogens (tertiary/aromatic N) is 1. The minimum atomic E-state index is -0.221. The molecule has 3 rings (SSSR count). The predicted octanol–water partition coefficient (Wildman–Crippen LogP) is 4.36. The highest BCUT2D eigenvalue weighted by Gasteiger charge is 2.09. The summed E-state index contributed by atoms with van der Waals surface area (Å²) >= 11 is 0. The standard InChI is InChI=1S/C23H24N2O4/c1-2-15-27-20-10-12-21(13-11-20)29-23-18(7-6-14-24-23)16-25-22(26)17-28-19-8-4-3-5-9-19/h3-14H,2,15-17H2,1H3,(H,25,26). The van der Waals surface area contributed by atoms with E-state index < -0.39 is 0 Å². The lowest BCUT2D eigenvalue weighted by Gasteiger charge is -2.12. The lowest BCUT2D eigenvalue weighted by molar-refractivity contribution is -0.123. The summed E-state index contributed by atoms with van der Waals surface area (Å²) in [5.41, 5.74) is 0.770. The van der Waals surface area contributed by atoms with Crippen LogP contribution in [0.15, 0.2) is 72.9 Å². The van der Waals surface area contributed by atoms with E-state index in [2.05, 4.69) is 17.2 Å². The first-order valence-electron chi connectivity index (χ1n) is 9.53. The molecule has 1 N–H and O–H groups in total. The second kappa shape index (κ2) is 10.7. The average molecular weight is 392 g/mol. The highest BCUT2D eigenvalue weighted by molar-refractivity contribution is 5.77. The minimum Gasteiger partial charge on any atom is -0.494 e. The van der Waals surface area contributed by atoms with Crippen LogP contribution in [0.25, 0.3) is 0 Å². The van der Waals surface area contributed by atoms with Gasteiger partial charge >= 0.3 is 0 Å². The molecule has 0 bridgehead atoms. The number of aromatic nitrogens is 1. The number of rotatable bonds is 10. The van der Waals surface area contributed by atoms with Crippen LogP contribution in [0.5, 0.6) is 23.1 Å². The molecule has 2 aromatic carbocycles. The zero-order valence-corrected chi connectivity index (χ0v) is 16.3. The van der Waals surface area contributed by atoms with Gasteiger partial charge in [-0.1, -0.05) is 31.2 Å². The van der Waals surface area contributed by atoms with Gasteiger partial charge in [-0.05, 0) is 48.9 Å². The molecule has 6 heteroatoms. The Hall–Kier alpha value is -3.54. The van der Waals surface area contributed by atoms with Crippen molar-refractivity contribution in [1.29, 1.82) is 0 Å². The quantitative estimate of drug-likeness (QED) is 0.555. The minimum absolute atomic E-state index is 0.0559. The monoisotopic (exact) mass is 392 g/mol. The van der Waals surface area contributed by atoms with Crippen molar-refractivity contribution in [1.82, 2.24) is 10.3 Å². The molecule has 0 saturated heterocycles. The van der Waals surface area contributed by atoms with Crippen LogP contribution in [0.2, 0.25) is 0 Å². The number of hydrogen-bond acceptors (Lipinski definition) is 5. The number of carbonyl (C=O) groups is 1. The van der Waals surface area contributed by atoms with Gasteiger partial charge in [0.05, 0.1) is 6.61 Å². The van der Waals surface area contributed by atoms with E-state index in [1.165, 1.54) is 0 Å². The van der Waals surface area contributed by atoms with Crippen LogP contribution < -0.4 is 19.5 Å². The van der Waals surface area contributed by atoms with Gasteiger partial charge in [-0.3, -0.25) is 4.79 Å². The number of amides is 1. The number of carbonyl (C=O) groups excluding carboxylic acids is 1. The smallest absolute Gasteiger partial charge is 0.258 e. The molecule has 0 aliphatic rings. The Morgan fingerprint density at radius 3 is 2.38 bits per heavy atom. The van der Waals surface area contributed by atoms with Crippen molar-refractivity contribution in [3.63, 3.8) is 0 Å². The van der Waals surface area contributed by atoms with Crippen molar-refractivity contribution in [2.45, 2.75) is 19.9 Å². The normalized spacial score (nSPS) is 10.2. The van der Waals surface area contributed by atoms with Crippen LogP contribution >= 0.6 is 0 Å². The van der Waals surface area contributed by atoms with E-state index in [-0.39, 0.29) is 19.1 Å². The lowest BCUT2D eigenvalue weighted by atomic mass is 10.2. The summed E-state index contributed by atoms with van der Waals surface area (Å²) in [5.74, 6) is 2.32. The summed E-state index contributed by atoms with van der Waals surface area (Å²) in [6.07, 6.45) is 2.61. The topological polar surface area (TPSA) is 69.7 Å². The number of nitrogens with one attached hydrogen (secondary N) is 1. The van der Waals surface area contributed by atoms with Gasteiger partial charge in [0.25, 0.3) is 5.91 Å². The maximum absolute atomic E-state index is 12.1. The van der Waals surface area contributed by atoms with Gasteiger partial charge in [0, 0.05) is 18.3 Å². The fourth-order valence-electron chi connectivity index (χ4n) is 2.50. The molecule has 0 aliphatic heterocycles. The Bertz CT molecular complexity index is 898. The third-order valence-corrected chi connectivity index (χ3v) is 3.95. The zero-order valence-electron chi connectivity index (χ0n) is 16.3. The molecule has 6 nitrogen and oxygen atoms in total. The van der Waals surface area contributed by atoms with E-state index in [9.17, 15) is 4.79 Å². The molecule has 1 aromatic heterocycles. The number of ether oxygens (including phenoxy) is 3. The van der Waals surface area contributed by atoms with Crippen LogP contribution in [0.3, 0.4) is 0 Å². The summed E-state index contributed by atoms with van der Waals surface area (Å²) in [6, 6.07) is 20.2.